The number of carbonyl (C=O) groups excluding carboxylic acids is 2. The molecule has 2 aromatic rings. The standard InChI is InChI=1S/C20H26N4O2/c1-13(2)24-12-16(11-21-24)20(26)23-18-10-14(3)8-9-17(18)22-19(25)15-6-4-5-7-15/h8-13,15H,4-7H2,1-3H3,(H,22,25)(H,23,26). The van der Waals surface area contributed by atoms with Gasteiger partial charge in [0.05, 0.1) is 23.1 Å². The molecular formula is C20H26N4O2. The first-order valence-electron chi connectivity index (χ1n) is 9.21. The number of carbonyl (C=O) groups is 2. The van der Waals surface area contributed by atoms with Crippen molar-refractivity contribution in [1.29, 1.82) is 0 Å². The maximum Gasteiger partial charge on any atom is 0.258 e. The van der Waals surface area contributed by atoms with Crippen molar-refractivity contribution in [1.82, 2.24) is 9.78 Å². The molecule has 0 saturated heterocycles. The van der Waals surface area contributed by atoms with Gasteiger partial charge in [-0.25, -0.2) is 0 Å². The molecule has 0 spiro atoms. The van der Waals surface area contributed by atoms with Gasteiger partial charge in [-0.2, -0.15) is 5.10 Å². The molecule has 1 aliphatic carbocycles. The molecule has 6 heteroatoms. The molecule has 1 fully saturated rings. The lowest BCUT2D eigenvalue weighted by atomic mass is 10.1. The number of hydrogen-bond donors (Lipinski definition) is 2. The minimum absolute atomic E-state index is 0.0366. The first kappa shape index (κ1) is 18.2. The molecule has 3 rings (SSSR count). The van der Waals surface area contributed by atoms with Crippen molar-refractivity contribution in [2.45, 2.75) is 52.5 Å². The van der Waals surface area contributed by atoms with Crippen molar-refractivity contribution in [3.05, 3.63) is 41.7 Å². The number of nitrogens with zero attached hydrogens (tertiary/aromatic N) is 2. The number of hydrogen-bond acceptors (Lipinski definition) is 3. The van der Waals surface area contributed by atoms with Crippen LogP contribution < -0.4 is 10.6 Å². The van der Waals surface area contributed by atoms with Gasteiger partial charge in [0, 0.05) is 18.2 Å². The molecule has 0 radical (unpaired) electrons. The summed E-state index contributed by atoms with van der Waals surface area (Å²) < 4.78 is 1.74. The number of anilines is 2. The van der Waals surface area contributed by atoms with Gasteiger partial charge >= 0.3 is 0 Å². The Morgan fingerprint density at radius 1 is 1.15 bits per heavy atom. The number of aryl methyl sites for hydroxylation is 1. The molecule has 1 heterocycles. The van der Waals surface area contributed by atoms with Crippen molar-refractivity contribution < 1.29 is 9.59 Å². The lowest BCUT2D eigenvalue weighted by molar-refractivity contribution is -0.119. The lowest BCUT2D eigenvalue weighted by Crippen LogP contribution is -2.22. The lowest BCUT2D eigenvalue weighted by Gasteiger charge is -2.15. The van der Waals surface area contributed by atoms with E-state index in [1.54, 1.807) is 17.1 Å². The van der Waals surface area contributed by atoms with Crippen molar-refractivity contribution in [3.63, 3.8) is 0 Å². The highest BCUT2D eigenvalue weighted by Gasteiger charge is 2.23. The third-order valence-electron chi connectivity index (χ3n) is 4.80. The molecule has 6 nitrogen and oxygen atoms in total. The van der Waals surface area contributed by atoms with Crippen LogP contribution in [0.15, 0.2) is 30.6 Å². The smallest absolute Gasteiger partial charge is 0.258 e. The van der Waals surface area contributed by atoms with E-state index in [9.17, 15) is 9.59 Å². The van der Waals surface area contributed by atoms with Gasteiger partial charge in [-0.05, 0) is 51.3 Å². The number of amides is 2. The first-order valence-corrected chi connectivity index (χ1v) is 9.21. The fraction of sp³-hybridized carbons (Fsp3) is 0.450. The summed E-state index contributed by atoms with van der Waals surface area (Å²) in [6.45, 7) is 5.97. The molecule has 2 N–H and O–H groups in total. The molecule has 0 atom stereocenters. The topological polar surface area (TPSA) is 76.0 Å². The second kappa shape index (κ2) is 7.72. The first-order chi connectivity index (χ1) is 12.4. The van der Waals surface area contributed by atoms with Crippen molar-refractivity contribution >= 4 is 23.2 Å². The van der Waals surface area contributed by atoms with Crippen LogP contribution in [0.25, 0.3) is 0 Å². The predicted octanol–water partition coefficient (Wildman–Crippen LogP) is 4.15. The third kappa shape index (κ3) is 4.12. The molecule has 0 aliphatic heterocycles. The molecule has 0 bridgehead atoms. The van der Waals surface area contributed by atoms with Crippen molar-refractivity contribution in [2.75, 3.05) is 10.6 Å². The Kier molecular flexibility index (Phi) is 5.40. The van der Waals surface area contributed by atoms with Gasteiger partial charge in [0.15, 0.2) is 0 Å². The minimum atomic E-state index is -0.237. The highest BCUT2D eigenvalue weighted by molar-refractivity contribution is 6.07. The van der Waals surface area contributed by atoms with E-state index >= 15 is 0 Å². The van der Waals surface area contributed by atoms with Gasteiger partial charge in [0.2, 0.25) is 5.91 Å². The Morgan fingerprint density at radius 3 is 2.54 bits per heavy atom. The SMILES string of the molecule is Cc1ccc(NC(=O)C2CCCC2)c(NC(=O)c2cnn(C(C)C)c2)c1. The number of benzene rings is 1. The van der Waals surface area contributed by atoms with E-state index in [0.29, 0.717) is 16.9 Å². The Labute approximate surface area is 154 Å². The highest BCUT2D eigenvalue weighted by Crippen LogP contribution is 2.29. The number of nitrogens with one attached hydrogen (secondary N) is 2. The van der Waals surface area contributed by atoms with Crippen LogP contribution in [0.3, 0.4) is 0 Å². The van der Waals surface area contributed by atoms with Crippen LogP contribution in [0.2, 0.25) is 0 Å². The average molecular weight is 354 g/mol. The van der Waals surface area contributed by atoms with Crippen LogP contribution in [-0.2, 0) is 4.79 Å². The van der Waals surface area contributed by atoms with Crippen molar-refractivity contribution in [2.24, 2.45) is 5.92 Å². The summed E-state index contributed by atoms with van der Waals surface area (Å²) in [7, 11) is 0. The third-order valence-corrected chi connectivity index (χ3v) is 4.80. The number of rotatable bonds is 5. The molecule has 1 aromatic carbocycles. The van der Waals surface area contributed by atoms with Gasteiger partial charge in [-0.1, -0.05) is 18.9 Å². The fourth-order valence-corrected chi connectivity index (χ4v) is 3.23. The maximum atomic E-state index is 12.6. The molecule has 26 heavy (non-hydrogen) atoms. The van der Waals surface area contributed by atoms with E-state index in [4.69, 9.17) is 0 Å². The summed E-state index contributed by atoms with van der Waals surface area (Å²) >= 11 is 0. The van der Waals surface area contributed by atoms with Gasteiger partial charge in [0.25, 0.3) is 5.91 Å². The largest absolute Gasteiger partial charge is 0.324 e. The van der Waals surface area contributed by atoms with Crippen LogP contribution in [0.4, 0.5) is 11.4 Å². The van der Waals surface area contributed by atoms with Crippen LogP contribution >= 0.6 is 0 Å². The van der Waals surface area contributed by atoms with Gasteiger partial charge in [-0.15, -0.1) is 0 Å². The highest BCUT2D eigenvalue weighted by atomic mass is 16.2. The normalized spacial score (nSPS) is 14.6. The summed E-state index contributed by atoms with van der Waals surface area (Å²) in [6, 6.07) is 5.83. The molecule has 1 aliphatic rings. The van der Waals surface area contributed by atoms with E-state index in [1.807, 2.05) is 39.0 Å². The fourth-order valence-electron chi connectivity index (χ4n) is 3.23. The van der Waals surface area contributed by atoms with E-state index in [0.717, 1.165) is 31.2 Å². The molecule has 138 valence electrons. The summed E-state index contributed by atoms with van der Waals surface area (Å²) in [5, 5.41) is 10.1. The van der Waals surface area contributed by atoms with Gasteiger partial charge in [0.1, 0.15) is 0 Å². The molecule has 0 unspecified atom stereocenters. The van der Waals surface area contributed by atoms with Crippen LogP contribution in [0.1, 0.15) is 61.5 Å². The zero-order valence-corrected chi connectivity index (χ0v) is 15.6. The maximum absolute atomic E-state index is 12.6. The Bertz CT molecular complexity index is 804. The van der Waals surface area contributed by atoms with E-state index in [-0.39, 0.29) is 23.8 Å². The average Bonchev–Trinajstić information content (AvgIpc) is 3.29. The molecule has 2 amide bonds. The summed E-state index contributed by atoms with van der Waals surface area (Å²) in [5.74, 6) is -0.127. The van der Waals surface area contributed by atoms with Gasteiger partial charge < -0.3 is 10.6 Å². The quantitative estimate of drug-likeness (QED) is 0.847. The zero-order chi connectivity index (χ0) is 18.7. The van der Waals surface area contributed by atoms with Crippen molar-refractivity contribution in [3.8, 4) is 0 Å². The predicted molar refractivity (Wildman–Crippen MR) is 102 cm³/mol. The summed E-state index contributed by atoms with van der Waals surface area (Å²) in [4.78, 5) is 25.0. The second-order valence-electron chi connectivity index (χ2n) is 7.28. The summed E-state index contributed by atoms with van der Waals surface area (Å²) in [5.41, 5.74) is 2.75. The van der Waals surface area contributed by atoms with Crippen LogP contribution in [0.5, 0.6) is 0 Å². The van der Waals surface area contributed by atoms with Gasteiger partial charge in [-0.3, -0.25) is 14.3 Å². The van der Waals surface area contributed by atoms with Crippen LogP contribution in [-0.4, -0.2) is 21.6 Å². The summed E-state index contributed by atoms with van der Waals surface area (Å²) in [6.07, 6.45) is 7.38. The van der Waals surface area contributed by atoms with E-state index in [2.05, 4.69) is 15.7 Å². The van der Waals surface area contributed by atoms with Crippen LogP contribution in [0, 0.1) is 12.8 Å². The molecular weight excluding hydrogens is 328 g/mol. The molecule has 1 saturated carbocycles. The Balaban J connectivity index is 1.76. The molecule has 1 aromatic heterocycles. The Morgan fingerprint density at radius 2 is 1.88 bits per heavy atom. The van der Waals surface area contributed by atoms with E-state index < -0.39 is 0 Å². The zero-order valence-electron chi connectivity index (χ0n) is 15.6. The Hall–Kier alpha value is -2.63. The number of aromatic nitrogens is 2. The van der Waals surface area contributed by atoms with E-state index in [1.165, 1.54) is 0 Å². The second-order valence-corrected chi connectivity index (χ2v) is 7.28. The minimum Gasteiger partial charge on any atom is -0.324 e. The monoisotopic (exact) mass is 354 g/mol.